The number of nitrogens with zero attached hydrogens (tertiary/aromatic N) is 4. The molecule has 0 aliphatic heterocycles. The van der Waals surface area contributed by atoms with E-state index >= 15 is 0 Å². The lowest BCUT2D eigenvalue weighted by Gasteiger charge is -2.17. The van der Waals surface area contributed by atoms with Crippen LogP contribution in [0, 0.1) is 5.82 Å². The number of thiophene rings is 1. The maximum atomic E-state index is 14.2. The van der Waals surface area contributed by atoms with Gasteiger partial charge in [0.2, 0.25) is 11.9 Å². The van der Waals surface area contributed by atoms with Crippen molar-refractivity contribution < 1.29 is 4.39 Å². The quantitative estimate of drug-likeness (QED) is 0.361. The summed E-state index contributed by atoms with van der Waals surface area (Å²) in [7, 11) is 0. The van der Waals surface area contributed by atoms with E-state index in [4.69, 9.17) is 4.98 Å². The number of aromatic nitrogens is 4. The Morgan fingerprint density at radius 3 is 2.71 bits per heavy atom. The molecule has 1 fully saturated rings. The summed E-state index contributed by atoms with van der Waals surface area (Å²) in [5.41, 5.74) is 1.91. The summed E-state index contributed by atoms with van der Waals surface area (Å²) in [5, 5.41) is 8.59. The molecule has 0 radical (unpaired) electrons. The number of para-hydroxylation sites is 1. The fourth-order valence-electron chi connectivity index (χ4n) is 4.01. The summed E-state index contributed by atoms with van der Waals surface area (Å²) in [5.74, 6) is 0.909. The van der Waals surface area contributed by atoms with Gasteiger partial charge < -0.3 is 10.6 Å². The van der Waals surface area contributed by atoms with Crippen molar-refractivity contribution in [1.82, 2.24) is 19.5 Å². The number of hydrogen-bond donors (Lipinski definition) is 2. The van der Waals surface area contributed by atoms with E-state index < -0.39 is 0 Å². The fourth-order valence-corrected chi connectivity index (χ4v) is 4.72. The first-order chi connectivity index (χ1) is 14.8. The van der Waals surface area contributed by atoms with Gasteiger partial charge in [-0.1, -0.05) is 38.5 Å². The zero-order valence-electron chi connectivity index (χ0n) is 16.5. The third kappa shape index (κ3) is 4.54. The first-order valence-electron chi connectivity index (χ1n) is 10.3. The van der Waals surface area contributed by atoms with Crippen LogP contribution in [0.5, 0.6) is 0 Å². The van der Waals surface area contributed by atoms with Gasteiger partial charge in [-0.15, -0.1) is 11.3 Å². The molecule has 0 atom stereocenters. The third-order valence-corrected chi connectivity index (χ3v) is 6.41. The Bertz CT molecular complexity index is 1130. The SMILES string of the molecule is C.Fc1ccccc1Nc1nc2cnc(NCCc3cccs3)nc2n1C1CCCC1. The standard InChI is InChI=1S/C22H23FN6S.CH4/c23-17-9-3-4-10-18(17)26-22-27-19-14-25-21(24-12-11-16-8-5-13-30-16)28-20(19)29(22)15-6-1-2-7-15;/h3-5,8-10,13-15H,1-2,6-7,11-12H2,(H,26,27)(H,24,25,28);1H4. The Labute approximate surface area is 185 Å². The van der Waals surface area contributed by atoms with Crippen LogP contribution < -0.4 is 10.6 Å². The number of fused-ring (bicyclic) bond motifs is 1. The van der Waals surface area contributed by atoms with Gasteiger partial charge in [-0.3, -0.25) is 4.57 Å². The summed E-state index contributed by atoms with van der Waals surface area (Å²) < 4.78 is 16.3. The molecular formula is C23H27FN6S. The van der Waals surface area contributed by atoms with Crippen molar-refractivity contribution in [3.8, 4) is 0 Å². The monoisotopic (exact) mass is 438 g/mol. The highest BCUT2D eigenvalue weighted by Gasteiger charge is 2.24. The first kappa shape index (κ1) is 21.2. The maximum absolute atomic E-state index is 14.2. The van der Waals surface area contributed by atoms with Crippen molar-refractivity contribution in [1.29, 1.82) is 0 Å². The molecule has 0 saturated heterocycles. The van der Waals surface area contributed by atoms with Crippen molar-refractivity contribution in [2.24, 2.45) is 0 Å². The van der Waals surface area contributed by atoms with Crippen LogP contribution in [-0.4, -0.2) is 26.1 Å². The Hall–Kier alpha value is -3.00. The van der Waals surface area contributed by atoms with E-state index in [0.29, 0.717) is 29.1 Å². The van der Waals surface area contributed by atoms with E-state index in [0.717, 1.165) is 31.5 Å². The Kier molecular flexibility index (Phi) is 6.46. The van der Waals surface area contributed by atoms with Gasteiger partial charge in [-0.25, -0.2) is 14.4 Å². The smallest absolute Gasteiger partial charge is 0.224 e. The molecule has 1 saturated carbocycles. The summed E-state index contributed by atoms with van der Waals surface area (Å²) in [6, 6.07) is 11.2. The van der Waals surface area contributed by atoms with Crippen LogP contribution in [0.15, 0.2) is 48.0 Å². The zero-order chi connectivity index (χ0) is 20.3. The van der Waals surface area contributed by atoms with Gasteiger partial charge in [0, 0.05) is 17.5 Å². The third-order valence-electron chi connectivity index (χ3n) is 5.48. The number of imidazole rings is 1. The molecule has 0 unspecified atom stereocenters. The predicted octanol–water partition coefficient (Wildman–Crippen LogP) is 6.18. The molecule has 162 valence electrons. The molecule has 8 heteroatoms. The van der Waals surface area contributed by atoms with Crippen LogP contribution in [0.25, 0.3) is 11.2 Å². The Balaban J connectivity index is 0.00000231. The van der Waals surface area contributed by atoms with Crippen LogP contribution in [-0.2, 0) is 6.42 Å². The molecule has 4 aromatic rings. The summed E-state index contributed by atoms with van der Waals surface area (Å²) in [4.78, 5) is 15.2. The average Bonchev–Trinajstić information content (AvgIpc) is 3.50. The molecule has 2 N–H and O–H groups in total. The molecular weight excluding hydrogens is 411 g/mol. The van der Waals surface area contributed by atoms with Gasteiger partial charge in [0.05, 0.1) is 11.9 Å². The van der Waals surface area contributed by atoms with Gasteiger partial charge in [0.15, 0.2) is 5.65 Å². The summed E-state index contributed by atoms with van der Waals surface area (Å²) >= 11 is 1.75. The van der Waals surface area contributed by atoms with Crippen LogP contribution in [0.1, 0.15) is 44.0 Å². The topological polar surface area (TPSA) is 67.7 Å². The first-order valence-corrected chi connectivity index (χ1v) is 11.2. The largest absolute Gasteiger partial charge is 0.354 e. The predicted molar refractivity (Wildman–Crippen MR) is 126 cm³/mol. The second-order valence-corrected chi connectivity index (χ2v) is 8.54. The van der Waals surface area contributed by atoms with E-state index in [1.54, 1.807) is 29.7 Å². The van der Waals surface area contributed by atoms with Crippen molar-refractivity contribution in [2.75, 3.05) is 17.2 Å². The van der Waals surface area contributed by atoms with Gasteiger partial charge >= 0.3 is 0 Å². The normalized spacial score (nSPS) is 14.0. The Morgan fingerprint density at radius 2 is 1.94 bits per heavy atom. The highest BCUT2D eigenvalue weighted by molar-refractivity contribution is 7.09. The van der Waals surface area contributed by atoms with E-state index in [-0.39, 0.29) is 13.2 Å². The summed E-state index contributed by atoms with van der Waals surface area (Å²) in [6.07, 6.45) is 7.18. The van der Waals surface area contributed by atoms with Crippen LogP contribution in [0.2, 0.25) is 0 Å². The molecule has 0 amide bonds. The van der Waals surface area contributed by atoms with E-state index in [1.165, 1.54) is 23.8 Å². The van der Waals surface area contributed by atoms with E-state index in [1.807, 2.05) is 6.07 Å². The van der Waals surface area contributed by atoms with Crippen LogP contribution >= 0.6 is 11.3 Å². The zero-order valence-corrected chi connectivity index (χ0v) is 17.3. The molecule has 3 heterocycles. The average molecular weight is 439 g/mol. The lowest BCUT2D eigenvalue weighted by atomic mass is 10.2. The maximum Gasteiger partial charge on any atom is 0.224 e. The number of benzene rings is 1. The molecule has 0 bridgehead atoms. The van der Waals surface area contributed by atoms with Gasteiger partial charge in [-0.05, 0) is 42.8 Å². The summed E-state index contributed by atoms with van der Waals surface area (Å²) in [6.45, 7) is 0.768. The Morgan fingerprint density at radius 1 is 1.10 bits per heavy atom. The fraction of sp³-hybridized carbons (Fsp3) is 0.348. The van der Waals surface area contributed by atoms with Crippen molar-refractivity contribution in [2.45, 2.75) is 45.6 Å². The highest BCUT2D eigenvalue weighted by Crippen LogP contribution is 2.36. The molecule has 5 rings (SSSR count). The van der Waals surface area contributed by atoms with Gasteiger partial charge in [0.1, 0.15) is 11.3 Å². The molecule has 3 aromatic heterocycles. The van der Waals surface area contributed by atoms with E-state index in [9.17, 15) is 4.39 Å². The molecule has 1 aromatic carbocycles. The minimum absolute atomic E-state index is 0. The van der Waals surface area contributed by atoms with Crippen molar-refractivity contribution >= 4 is 40.1 Å². The van der Waals surface area contributed by atoms with Gasteiger partial charge in [-0.2, -0.15) is 4.98 Å². The van der Waals surface area contributed by atoms with Gasteiger partial charge in [0.25, 0.3) is 0 Å². The lowest BCUT2D eigenvalue weighted by molar-refractivity contribution is 0.535. The molecule has 0 spiro atoms. The number of hydrogen-bond acceptors (Lipinski definition) is 6. The van der Waals surface area contributed by atoms with Crippen LogP contribution in [0.3, 0.4) is 0 Å². The second-order valence-electron chi connectivity index (χ2n) is 7.51. The molecule has 6 nitrogen and oxygen atoms in total. The second kappa shape index (κ2) is 9.43. The van der Waals surface area contributed by atoms with Crippen molar-refractivity contribution in [3.63, 3.8) is 0 Å². The molecule has 1 aliphatic carbocycles. The minimum Gasteiger partial charge on any atom is -0.354 e. The lowest BCUT2D eigenvalue weighted by Crippen LogP contribution is -2.11. The van der Waals surface area contributed by atoms with Crippen LogP contribution in [0.4, 0.5) is 22.0 Å². The van der Waals surface area contributed by atoms with E-state index in [2.05, 4.69) is 42.7 Å². The highest BCUT2D eigenvalue weighted by atomic mass is 32.1. The molecule has 31 heavy (non-hydrogen) atoms. The number of anilines is 3. The number of rotatable bonds is 7. The minimum atomic E-state index is -0.301. The number of halogens is 1. The number of nitrogens with one attached hydrogen (secondary N) is 2. The molecule has 1 aliphatic rings. The van der Waals surface area contributed by atoms with Crippen molar-refractivity contribution in [3.05, 3.63) is 58.7 Å².